The topological polar surface area (TPSA) is 71.0 Å². The Hall–Kier alpha value is -4.04. The molecular formula is C31H23Cl2N3O3S. The van der Waals surface area contributed by atoms with Gasteiger partial charge in [-0.25, -0.2) is 4.99 Å². The predicted molar refractivity (Wildman–Crippen MR) is 165 cm³/mol. The number of aliphatic imine (C=N–C) groups is 1. The predicted octanol–water partition coefficient (Wildman–Crippen LogP) is 8.13. The van der Waals surface area contributed by atoms with Gasteiger partial charge in [-0.2, -0.15) is 0 Å². The van der Waals surface area contributed by atoms with Gasteiger partial charge in [0.2, 0.25) is 0 Å². The number of amides is 2. The van der Waals surface area contributed by atoms with Gasteiger partial charge in [0.25, 0.3) is 11.8 Å². The van der Waals surface area contributed by atoms with E-state index >= 15 is 0 Å². The van der Waals surface area contributed by atoms with E-state index in [1.165, 1.54) is 11.8 Å². The van der Waals surface area contributed by atoms with E-state index < -0.39 is 0 Å². The summed E-state index contributed by atoms with van der Waals surface area (Å²) >= 11 is 13.4. The molecule has 1 fully saturated rings. The first kappa shape index (κ1) is 27.5. The van der Waals surface area contributed by atoms with Crippen LogP contribution in [-0.4, -0.2) is 23.6 Å². The first-order valence-electron chi connectivity index (χ1n) is 12.3. The number of anilines is 2. The van der Waals surface area contributed by atoms with Gasteiger partial charge in [0.15, 0.2) is 11.8 Å². The lowest BCUT2D eigenvalue weighted by Crippen LogP contribution is -2.28. The number of aryl methyl sites for hydroxylation is 1. The van der Waals surface area contributed by atoms with Crippen molar-refractivity contribution in [3.63, 3.8) is 0 Å². The summed E-state index contributed by atoms with van der Waals surface area (Å²) in [5.74, 6) is 0.0234. The standard InChI is InChI=1S/C31H23Cl2N3O3S/c1-20-4-2-6-25(16-20)34-29(37)19-39-27-7-3-5-21(17-27)18-28-30(38)36(26-14-10-23(33)11-15-26)31(40-28)35-24-12-8-22(32)9-13-24/h2-18H,19H2,1H3,(H,34,37)/b28-18-,35-31?. The number of halogens is 2. The summed E-state index contributed by atoms with van der Waals surface area (Å²) in [5.41, 5.74) is 3.82. The van der Waals surface area contributed by atoms with Crippen molar-refractivity contribution in [1.29, 1.82) is 0 Å². The Morgan fingerprint density at radius 2 is 1.65 bits per heavy atom. The van der Waals surface area contributed by atoms with Gasteiger partial charge in [0, 0.05) is 15.7 Å². The summed E-state index contributed by atoms with van der Waals surface area (Å²) in [4.78, 5) is 32.7. The largest absolute Gasteiger partial charge is 0.484 e. The molecule has 6 nitrogen and oxygen atoms in total. The van der Waals surface area contributed by atoms with Crippen LogP contribution < -0.4 is 15.0 Å². The van der Waals surface area contributed by atoms with Crippen molar-refractivity contribution in [1.82, 2.24) is 0 Å². The van der Waals surface area contributed by atoms with Crippen molar-refractivity contribution < 1.29 is 14.3 Å². The molecule has 0 radical (unpaired) electrons. The number of hydrogen-bond donors (Lipinski definition) is 1. The molecule has 2 amide bonds. The summed E-state index contributed by atoms with van der Waals surface area (Å²) in [5, 5.41) is 4.50. The molecule has 0 aliphatic carbocycles. The van der Waals surface area contributed by atoms with E-state index in [1.54, 1.807) is 71.6 Å². The molecule has 0 bridgehead atoms. The molecule has 5 rings (SSSR count). The molecule has 1 saturated heterocycles. The zero-order chi connectivity index (χ0) is 28.1. The van der Waals surface area contributed by atoms with Crippen LogP contribution in [0.4, 0.5) is 17.1 Å². The second-order valence-corrected chi connectivity index (χ2v) is 10.8. The average molecular weight is 589 g/mol. The number of hydrogen-bond acceptors (Lipinski definition) is 5. The second-order valence-electron chi connectivity index (χ2n) is 8.88. The fourth-order valence-electron chi connectivity index (χ4n) is 3.91. The molecule has 0 aromatic heterocycles. The second kappa shape index (κ2) is 12.4. The maximum Gasteiger partial charge on any atom is 0.271 e. The van der Waals surface area contributed by atoms with Gasteiger partial charge in [0.05, 0.1) is 16.3 Å². The molecule has 1 heterocycles. The number of thioether (sulfide) groups is 1. The number of amidine groups is 1. The molecule has 4 aromatic rings. The van der Waals surface area contributed by atoms with Gasteiger partial charge in [-0.05, 0) is 109 Å². The highest BCUT2D eigenvalue weighted by molar-refractivity contribution is 8.19. The van der Waals surface area contributed by atoms with E-state index in [4.69, 9.17) is 32.9 Å². The van der Waals surface area contributed by atoms with Crippen molar-refractivity contribution in [2.45, 2.75) is 6.92 Å². The van der Waals surface area contributed by atoms with Crippen LogP contribution in [-0.2, 0) is 9.59 Å². The van der Waals surface area contributed by atoms with Crippen LogP contribution in [0.1, 0.15) is 11.1 Å². The Kier molecular flexibility index (Phi) is 8.55. The minimum atomic E-state index is -0.266. The van der Waals surface area contributed by atoms with Crippen LogP contribution in [0, 0.1) is 6.92 Å². The van der Waals surface area contributed by atoms with Gasteiger partial charge in [-0.1, -0.05) is 47.5 Å². The Labute approximate surface area is 246 Å². The van der Waals surface area contributed by atoms with E-state index in [1.807, 2.05) is 43.3 Å². The van der Waals surface area contributed by atoms with Crippen molar-refractivity contribution in [3.05, 3.63) is 123 Å². The smallest absolute Gasteiger partial charge is 0.271 e. The van der Waals surface area contributed by atoms with Crippen LogP contribution in [0.15, 0.2) is 107 Å². The van der Waals surface area contributed by atoms with Crippen LogP contribution in [0.2, 0.25) is 10.0 Å². The first-order chi connectivity index (χ1) is 19.3. The molecule has 200 valence electrons. The van der Waals surface area contributed by atoms with Crippen LogP contribution in [0.3, 0.4) is 0 Å². The lowest BCUT2D eigenvalue weighted by molar-refractivity contribution is -0.118. The molecule has 1 N–H and O–H groups in total. The normalized spacial score (nSPS) is 15.1. The molecule has 0 saturated carbocycles. The van der Waals surface area contributed by atoms with Crippen LogP contribution in [0.25, 0.3) is 6.08 Å². The molecule has 4 aromatic carbocycles. The highest BCUT2D eigenvalue weighted by atomic mass is 35.5. The molecule has 9 heteroatoms. The third-order valence-electron chi connectivity index (χ3n) is 5.77. The maximum absolute atomic E-state index is 13.6. The lowest BCUT2D eigenvalue weighted by atomic mass is 10.2. The highest BCUT2D eigenvalue weighted by Gasteiger charge is 2.34. The number of nitrogens with zero attached hydrogens (tertiary/aromatic N) is 2. The highest BCUT2D eigenvalue weighted by Crippen LogP contribution is 2.38. The average Bonchev–Trinajstić information content (AvgIpc) is 3.23. The number of nitrogens with one attached hydrogen (secondary N) is 1. The van der Waals surface area contributed by atoms with E-state index in [-0.39, 0.29) is 18.4 Å². The van der Waals surface area contributed by atoms with Gasteiger partial charge in [0.1, 0.15) is 5.75 Å². The minimum Gasteiger partial charge on any atom is -0.484 e. The van der Waals surface area contributed by atoms with Gasteiger partial charge >= 0.3 is 0 Å². The minimum absolute atomic E-state index is 0.149. The van der Waals surface area contributed by atoms with Crippen molar-refractivity contribution in [2.24, 2.45) is 4.99 Å². The number of benzene rings is 4. The number of rotatable bonds is 7. The molecule has 0 spiro atoms. The van der Waals surface area contributed by atoms with Crippen molar-refractivity contribution >= 4 is 75.1 Å². The van der Waals surface area contributed by atoms with Crippen LogP contribution >= 0.6 is 35.0 Å². The fourth-order valence-corrected chi connectivity index (χ4v) is 5.16. The lowest BCUT2D eigenvalue weighted by Gasteiger charge is -2.15. The number of ether oxygens (including phenoxy) is 1. The van der Waals surface area contributed by atoms with Crippen molar-refractivity contribution in [3.8, 4) is 5.75 Å². The third kappa shape index (κ3) is 6.93. The van der Waals surface area contributed by atoms with E-state index in [9.17, 15) is 9.59 Å². The van der Waals surface area contributed by atoms with Crippen molar-refractivity contribution in [2.75, 3.05) is 16.8 Å². The Bertz CT molecular complexity index is 1620. The molecule has 1 aliphatic rings. The summed E-state index contributed by atoms with van der Waals surface area (Å²) in [7, 11) is 0. The molecule has 40 heavy (non-hydrogen) atoms. The molecule has 0 unspecified atom stereocenters. The molecule has 0 atom stereocenters. The third-order valence-corrected chi connectivity index (χ3v) is 7.24. The first-order valence-corrected chi connectivity index (χ1v) is 13.8. The number of carbonyl (C=O) groups is 2. The van der Waals surface area contributed by atoms with Gasteiger partial charge in [-0.15, -0.1) is 0 Å². The summed E-state index contributed by atoms with van der Waals surface area (Å²) in [6.45, 7) is 1.81. The van der Waals surface area contributed by atoms with E-state index in [0.717, 1.165) is 11.1 Å². The van der Waals surface area contributed by atoms with Crippen LogP contribution in [0.5, 0.6) is 5.75 Å². The SMILES string of the molecule is Cc1cccc(NC(=O)COc2cccc(/C=C3\SC(=Nc4ccc(Cl)cc4)N(c4ccc(Cl)cc4)C3=O)c2)c1. The van der Waals surface area contributed by atoms with Gasteiger partial charge in [-0.3, -0.25) is 14.5 Å². The number of carbonyl (C=O) groups excluding carboxylic acids is 2. The van der Waals surface area contributed by atoms with Gasteiger partial charge < -0.3 is 10.1 Å². The fraction of sp³-hybridized carbons (Fsp3) is 0.0645. The summed E-state index contributed by atoms with van der Waals surface area (Å²) in [6, 6.07) is 28.8. The zero-order valence-corrected chi connectivity index (χ0v) is 23.6. The Morgan fingerprint density at radius 1 is 0.950 bits per heavy atom. The molecular weight excluding hydrogens is 565 g/mol. The quantitative estimate of drug-likeness (QED) is 0.221. The summed E-state index contributed by atoms with van der Waals surface area (Å²) in [6.07, 6.45) is 1.78. The zero-order valence-electron chi connectivity index (χ0n) is 21.3. The summed E-state index contributed by atoms with van der Waals surface area (Å²) < 4.78 is 5.72. The van der Waals surface area contributed by atoms with E-state index in [2.05, 4.69) is 5.32 Å². The maximum atomic E-state index is 13.6. The Morgan fingerprint density at radius 3 is 2.38 bits per heavy atom. The molecule has 1 aliphatic heterocycles. The Balaban J connectivity index is 1.35. The monoisotopic (exact) mass is 587 g/mol. The van der Waals surface area contributed by atoms with E-state index in [0.29, 0.717) is 42.9 Å².